The van der Waals surface area contributed by atoms with Gasteiger partial charge in [0.25, 0.3) is 5.91 Å². The molecule has 0 radical (unpaired) electrons. The van der Waals surface area contributed by atoms with Gasteiger partial charge in [-0.05, 0) is 31.0 Å². The number of quaternary nitrogens is 1. The van der Waals surface area contributed by atoms with Crippen molar-refractivity contribution in [1.29, 1.82) is 0 Å². The van der Waals surface area contributed by atoms with Gasteiger partial charge in [-0.3, -0.25) is 4.79 Å². The number of carbonyl (C=O) groups is 1. The van der Waals surface area contributed by atoms with Gasteiger partial charge in [0.2, 0.25) is 0 Å². The van der Waals surface area contributed by atoms with Crippen molar-refractivity contribution in [3.8, 4) is 0 Å². The molecule has 0 heterocycles. The molecular formula is C17H21N2O+. The first-order valence-corrected chi connectivity index (χ1v) is 6.84. The van der Waals surface area contributed by atoms with Gasteiger partial charge in [0.1, 0.15) is 0 Å². The molecule has 2 rings (SSSR count). The second-order valence-electron chi connectivity index (χ2n) is 5.03. The van der Waals surface area contributed by atoms with Crippen LogP contribution in [0.5, 0.6) is 0 Å². The number of aryl methyl sites for hydroxylation is 2. The Bertz CT molecular complexity index is 593. The van der Waals surface area contributed by atoms with E-state index in [1.165, 1.54) is 0 Å². The van der Waals surface area contributed by atoms with Crippen molar-refractivity contribution in [1.82, 2.24) is 0 Å². The fourth-order valence-corrected chi connectivity index (χ4v) is 2.24. The molecule has 104 valence electrons. The van der Waals surface area contributed by atoms with Gasteiger partial charge in [-0.2, -0.15) is 0 Å². The molecule has 0 aliphatic carbocycles. The molecule has 1 amide bonds. The number of anilines is 1. The molecule has 0 saturated heterocycles. The zero-order valence-corrected chi connectivity index (χ0v) is 12.2. The number of nitrogens with two attached hydrogens (primary N) is 1. The van der Waals surface area contributed by atoms with E-state index >= 15 is 0 Å². The Balaban J connectivity index is 2.20. The molecule has 3 heteroatoms. The predicted octanol–water partition coefficient (Wildman–Crippen LogP) is 2.18. The SMILES string of the molecule is C[NH2+][C@H](C(=O)Nc1cc(C)ccc1C)c1ccccc1. The van der Waals surface area contributed by atoms with Crippen LogP contribution in [0.4, 0.5) is 5.69 Å². The van der Waals surface area contributed by atoms with Gasteiger partial charge < -0.3 is 10.6 Å². The summed E-state index contributed by atoms with van der Waals surface area (Å²) >= 11 is 0. The fourth-order valence-electron chi connectivity index (χ4n) is 2.24. The molecule has 3 nitrogen and oxygen atoms in total. The number of hydrogen-bond donors (Lipinski definition) is 2. The Kier molecular flexibility index (Phi) is 4.53. The van der Waals surface area contributed by atoms with E-state index in [-0.39, 0.29) is 11.9 Å². The molecule has 20 heavy (non-hydrogen) atoms. The van der Waals surface area contributed by atoms with Crippen molar-refractivity contribution in [2.75, 3.05) is 12.4 Å². The molecule has 0 aliphatic heterocycles. The van der Waals surface area contributed by atoms with E-state index in [2.05, 4.69) is 5.32 Å². The first kappa shape index (κ1) is 14.3. The van der Waals surface area contributed by atoms with Crippen molar-refractivity contribution >= 4 is 11.6 Å². The fraction of sp³-hybridized carbons (Fsp3) is 0.235. The van der Waals surface area contributed by atoms with Gasteiger partial charge in [0.15, 0.2) is 6.04 Å². The molecule has 1 atom stereocenters. The minimum atomic E-state index is -0.226. The third kappa shape index (κ3) is 3.25. The molecule has 2 aromatic carbocycles. The largest absolute Gasteiger partial charge is 0.335 e. The normalized spacial score (nSPS) is 11.9. The van der Waals surface area contributed by atoms with Gasteiger partial charge in [-0.25, -0.2) is 0 Å². The highest BCUT2D eigenvalue weighted by Crippen LogP contribution is 2.18. The Morgan fingerprint density at radius 3 is 2.45 bits per heavy atom. The summed E-state index contributed by atoms with van der Waals surface area (Å²) in [7, 11) is 1.92. The molecule has 0 fully saturated rings. The zero-order valence-electron chi connectivity index (χ0n) is 12.2. The molecule has 0 unspecified atom stereocenters. The maximum Gasteiger partial charge on any atom is 0.287 e. The van der Waals surface area contributed by atoms with Crippen LogP contribution in [0.25, 0.3) is 0 Å². The summed E-state index contributed by atoms with van der Waals surface area (Å²) in [4.78, 5) is 12.5. The Morgan fingerprint density at radius 2 is 1.80 bits per heavy atom. The highest BCUT2D eigenvalue weighted by Gasteiger charge is 2.22. The second-order valence-corrected chi connectivity index (χ2v) is 5.03. The van der Waals surface area contributed by atoms with Gasteiger partial charge in [0.05, 0.1) is 7.05 Å². The summed E-state index contributed by atoms with van der Waals surface area (Å²) in [5, 5.41) is 4.96. The van der Waals surface area contributed by atoms with Gasteiger partial charge in [0, 0.05) is 11.3 Å². The van der Waals surface area contributed by atoms with E-state index in [1.54, 1.807) is 0 Å². The predicted molar refractivity (Wildman–Crippen MR) is 81.6 cm³/mol. The van der Waals surface area contributed by atoms with Crippen LogP contribution in [0.2, 0.25) is 0 Å². The molecule has 0 spiro atoms. The smallest absolute Gasteiger partial charge is 0.287 e. The highest BCUT2D eigenvalue weighted by atomic mass is 16.2. The first-order chi connectivity index (χ1) is 9.61. The number of rotatable bonds is 4. The zero-order chi connectivity index (χ0) is 14.5. The van der Waals surface area contributed by atoms with Crippen LogP contribution in [0, 0.1) is 13.8 Å². The Morgan fingerprint density at radius 1 is 1.10 bits per heavy atom. The lowest BCUT2D eigenvalue weighted by molar-refractivity contribution is -0.656. The summed E-state index contributed by atoms with van der Waals surface area (Å²) in [5.74, 6) is 0.00685. The average molecular weight is 269 g/mol. The maximum absolute atomic E-state index is 12.5. The monoisotopic (exact) mass is 269 g/mol. The van der Waals surface area contributed by atoms with Gasteiger partial charge in [-0.1, -0.05) is 42.5 Å². The molecule has 0 aliphatic rings. The second kappa shape index (κ2) is 6.35. The lowest BCUT2D eigenvalue weighted by atomic mass is 10.1. The Hall–Kier alpha value is -2.13. The van der Waals surface area contributed by atoms with E-state index in [1.807, 2.05) is 74.7 Å². The van der Waals surface area contributed by atoms with Crippen molar-refractivity contribution in [3.05, 3.63) is 65.2 Å². The summed E-state index contributed by atoms with van der Waals surface area (Å²) in [6, 6.07) is 15.7. The van der Waals surface area contributed by atoms with Crippen LogP contribution >= 0.6 is 0 Å². The maximum atomic E-state index is 12.5. The summed E-state index contributed by atoms with van der Waals surface area (Å²) in [5.41, 5.74) is 4.12. The highest BCUT2D eigenvalue weighted by molar-refractivity contribution is 5.95. The molecule has 0 saturated carbocycles. The number of likely N-dealkylation sites (N-methyl/N-ethyl adjacent to an activating group) is 1. The molecule has 3 N–H and O–H groups in total. The third-order valence-electron chi connectivity index (χ3n) is 3.43. The number of amides is 1. The van der Waals surface area contributed by atoms with Crippen LogP contribution in [-0.4, -0.2) is 13.0 Å². The lowest BCUT2D eigenvalue weighted by Gasteiger charge is -2.15. The van der Waals surface area contributed by atoms with Crippen LogP contribution in [0.15, 0.2) is 48.5 Å². The average Bonchev–Trinajstić information content (AvgIpc) is 2.45. The van der Waals surface area contributed by atoms with Gasteiger partial charge >= 0.3 is 0 Å². The minimum Gasteiger partial charge on any atom is -0.335 e. The number of benzene rings is 2. The van der Waals surface area contributed by atoms with Crippen molar-refractivity contribution < 1.29 is 10.1 Å². The quantitative estimate of drug-likeness (QED) is 0.878. The van der Waals surface area contributed by atoms with Crippen LogP contribution < -0.4 is 10.6 Å². The molecule has 2 aromatic rings. The minimum absolute atomic E-state index is 0.00685. The molecule has 0 bridgehead atoms. The summed E-state index contributed by atoms with van der Waals surface area (Å²) < 4.78 is 0. The lowest BCUT2D eigenvalue weighted by Crippen LogP contribution is -2.83. The number of carbonyl (C=O) groups excluding carboxylic acids is 1. The first-order valence-electron chi connectivity index (χ1n) is 6.84. The third-order valence-corrected chi connectivity index (χ3v) is 3.43. The summed E-state index contributed by atoms with van der Waals surface area (Å²) in [6.45, 7) is 4.03. The van der Waals surface area contributed by atoms with Crippen molar-refractivity contribution in [3.63, 3.8) is 0 Å². The van der Waals surface area contributed by atoms with E-state index < -0.39 is 0 Å². The van der Waals surface area contributed by atoms with E-state index in [4.69, 9.17) is 0 Å². The number of nitrogens with one attached hydrogen (secondary N) is 1. The van der Waals surface area contributed by atoms with Crippen LogP contribution in [-0.2, 0) is 4.79 Å². The molecule has 0 aromatic heterocycles. The van der Waals surface area contributed by atoms with Crippen molar-refractivity contribution in [2.24, 2.45) is 0 Å². The van der Waals surface area contributed by atoms with Gasteiger partial charge in [-0.15, -0.1) is 0 Å². The standard InChI is InChI=1S/C17H20N2O/c1-12-9-10-13(2)15(11-12)19-17(20)16(18-3)14-7-5-4-6-8-14/h4-11,16,18H,1-3H3,(H,19,20)/p+1/t16-/m0/s1. The topological polar surface area (TPSA) is 45.7 Å². The van der Waals surface area contributed by atoms with Crippen LogP contribution in [0.1, 0.15) is 22.7 Å². The van der Waals surface area contributed by atoms with Crippen molar-refractivity contribution in [2.45, 2.75) is 19.9 Å². The Labute approximate surface area is 120 Å². The number of hydrogen-bond acceptors (Lipinski definition) is 1. The molecular weight excluding hydrogens is 248 g/mol. The van der Waals surface area contributed by atoms with Crippen LogP contribution in [0.3, 0.4) is 0 Å². The van der Waals surface area contributed by atoms with E-state index in [9.17, 15) is 4.79 Å². The van der Waals surface area contributed by atoms with E-state index in [0.29, 0.717) is 0 Å². The summed E-state index contributed by atoms with van der Waals surface area (Å²) in [6.07, 6.45) is 0. The van der Waals surface area contributed by atoms with E-state index in [0.717, 1.165) is 22.4 Å².